The van der Waals surface area contributed by atoms with Gasteiger partial charge in [-0.25, -0.2) is 0 Å². The molecule has 4 rings (SSSR count). The van der Waals surface area contributed by atoms with Crippen LogP contribution in [0.5, 0.6) is 11.5 Å². The van der Waals surface area contributed by atoms with Crippen LogP contribution in [0.2, 0.25) is 0 Å². The van der Waals surface area contributed by atoms with Gasteiger partial charge in [0.05, 0.1) is 12.6 Å². The first-order valence-corrected chi connectivity index (χ1v) is 9.81. The summed E-state index contributed by atoms with van der Waals surface area (Å²) in [7, 11) is 1.60. The number of methoxy groups -OCH3 is 1. The van der Waals surface area contributed by atoms with Gasteiger partial charge < -0.3 is 9.84 Å². The maximum atomic E-state index is 12.9. The van der Waals surface area contributed by atoms with Crippen molar-refractivity contribution in [2.45, 2.75) is 0 Å². The summed E-state index contributed by atoms with van der Waals surface area (Å²) in [6, 6.07) is 16.5. The summed E-state index contributed by atoms with van der Waals surface area (Å²) in [5.41, 5.74) is 1.06. The van der Waals surface area contributed by atoms with Gasteiger partial charge in [-0.2, -0.15) is 0 Å². The lowest BCUT2D eigenvalue weighted by Crippen LogP contribution is -2.17. The van der Waals surface area contributed by atoms with Gasteiger partial charge in [-0.3, -0.25) is 9.36 Å². The van der Waals surface area contributed by atoms with Gasteiger partial charge in [0.25, 0.3) is 0 Å². The summed E-state index contributed by atoms with van der Waals surface area (Å²) >= 11 is 4.69. The highest BCUT2D eigenvalue weighted by atomic mass is 79.9. The quantitative estimate of drug-likeness (QED) is 0.403. The lowest BCUT2D eigenvalue weighted by Gasteiger charge is -2.07. The number of pyridine rings is 1. The van der Waals surface area contributed by atoms with Crippen LogP contribution in [0.4, 0.5) is 5.69 Å². The number of thiophene rings is 1. The number of benzene rings is 2. The smallest absolute Gasteiger partial charge is 0.492 e. The number of hydrogen-bond donors (Lipinski definition) is 1. The summed E-state index contributed by atoms with van der Waals surface area (Å²) in [6.45, 7) is 0. The highest BCUT2D eigenvalue weighted by Crippen LogP contribution is 2.42. The summed E-state index contributed by atoms with van der Waals surface area (Å²) in [5, 5.41) is 19.8. The van der Waals surface area contributed by atoms with E-state index in [4.69, 9.17) is 4.74 Å². The second-order valence-electron chi connectivity index (χ2n) is 5.97. The van der Waals surface area contributed by atoms with Gasteiger partial charge in [-0.15, -0.1) is 11.3 Å². The van der Waals surface area contributed by atoms with Gasteiger partial charge in [0.1, 0.15) is 10.4 Å². The molecule has 1 N–H and O–H groups in total. The van der Waals surface area contributed by atoms with E-state index in [1.54, 1.807) is 19.2 Å². The molecule has 0 saturated carbocycles. The molecule has 2 aromatic heterocycles. The number of nitrogens with zero attached hydrogens (tertiary/aromatic N) is 3. The molecule has 0 aliphatic rings. The van der Waals surface area contributed by atoms with Gasteiger partial charge >= 0.3 is 11.2 Å². The maximum absolute atomic E-state index is 12.9. The Bertz CT molecular complexity index is 1290. The molecular formula is C20H13BrN3O3S+. The first-order valence-electron chi connectivity index (χ1n) is 8.20. The Morgan fingerprint density at radius 3 is 2.43 bits per heavy atom. The van der Waals surface area contributed by atoms with E-state index in [1.807, 2.05) is 42.5 Å². The molecule has 0 radical (unpaired) electrons. The molecule has 138 valence electrons. The molecule has 0 fully saturated rings. The van der Waals surface area contributed by atoms with Crippen LogP contribution in [-0.4, -0.2) is 16.8 Å². The molecule has 6 nitrogen and oxygen atoms in total. The second kappa shape index (κ2) is 7.11. The van der Waals surface area contributed by atoms with Crippen molar-refractivity contribution in [2.24, 2.45) is 0 Å². The first-order chi connectivity index (χ1) is 13.5. The molecule has 8 heteroatoms. The number of aromatic hydroxyl groups is 1. The molecule has 2 aromatic carbocycles. The lowest BCUT2D eigenvalue weighted by atomic mass is 10.1. The van der Waals surface area contributed by atoms with Crippen LogP contribution >= 0.6 is 27.3 Å². The third-order valence-corrected chi connectivity index (χ3v) is 6.07. The van der Waals surface area contributed by atoms with Crippen molar-refractivity contribution >= 4 is 43.2 Å². The van der Waals surface area contributed by atoms with Gasteiger partial charge in [-0.1, -0.05) is 15.9 Å². The zero-order valence-electron chi connectivity index (χ0n) is 14.6. The van der Waals surface area contributed by atoms with E-state index in [0.29, 0.717) is 15.9 Å². The standard InChI is InChI=1S/C20H12BrN3O3S/c1-27-14-8-2-11(3-9-14)16-10-15-19(28-16)18(25)17(23-22)20(26)24(15)13-6-4-12(21)5-7-13/h2-10H,1H3/p+1. The van der Waals surface area contributed by atoms with Crippen molar-refractivity contribution in [3.8, 4) is 27.6 Å². The van der Waals surface area contributed by atoms with E-state index in [2.05, 4.69) is 20.9 Å². The zero-order valence-corrected chi connectivity index (χ0v) is 17.0. The van der Waals surface area contributed by atoms with E-state index in [-0.39, 0.29) is 5.75 Å². The maximum Gasteiger partial charge on any atom is 0.492 e. The zero-order chi connectivity index (χ0) is 19.8. The van der Waals surface area contributed by atoms with Crippen molar-refractivity contribution < 1.29 is 9.84 Å². The summed E-state index contributed by atoms with van der Waals surface area (Å²) in [4.78, 5) is 16.8. The molecule has 0 amide bonds. The van der Waals surface area contributed by atoms with Crippen molar-refractivity contribution in [1.29, 1.82) is 5.39 Å². The Balaban J connectivity index is 2.02. The molecule has 0 saturated heterocycles. The number of rotatable bonds is 3. The molecule has 2 heterocycles. The number of ether oxygens (including phenoxy) is 1. The van der Waals surface area contributed by atoms with Gasteiger partial charge in [0.2, 0.25) is 11.1 Å². The van der Waals surface area contributed by atoms with E-state index in [0.717, 1.165) is 20.7 Å². The number of diazo groups is 1. The summed E-state index contributed by atoms with van der Waals surface area (Å²) in [6.07, 6.45) is 0. The van der Waals surface area contributed by atoms with Crippen LogP contribution < -0.4 is 10.3 Å². The van der Waals surface area contributed by atoms with Crippen LogP contribution in [-0.2, 0) is 0 Å². The number of aromatic nitrogens is 1. The predicted octanol–water partition coefficient (Wildman–Crippen LogP) is 5.68. The van der Waals surface area contributed by atoms with Crippen molar-refractivity contribution in [3.05, 3.63) is 74.4 Å². The molecular weight excluding hydrogens is 442 g/mol. The normalized spacial score (nSPS) is 10.8. The highest BCUT2D eigenvalue weighted by molar-refractivity contribution is 9.10. The van der Waals surface area contributed by atoms with Crippen LogP contribution in [0.1, 0.15) is 0 Å². The molecule has 0 spiro atoms. The fourth-order valence-corrected chi connectivity index (χ4v) is 4.33. The van der Waals surface area contributed by atoms with Crippen LogP contribution in [0, 0.1) is 5.39 Å². The molecule has 28 heavy (non-hydrogen) atoms. The predicted molar refractivity (Wildman–Crippen MR) is 114 cm³/mol. The van der Waals surface area contributed by atoms with E-state index in [1.165, 1.54) is 15.9 Å². The topological polar surface area (TPSA) is 79.6 Å². The first kappa shape index (κ1) is 18.2. The fourth-order valence-electron chi connectivity index (χ4n) is 2.98. The van der Waals surface area contributed by atoms with Gasteiger partial charge in [0, 0.05) is 15.0 Å². The van der Waals surface area contributed by atoms with Crippen LogP contribution in [0.15, 0.2) is 63.9 Å². The van der Waals surface area contributed by atoms with E-state index < -0.39 is 11.2 Å². The molecule has 0 atom stereocenters. The monoisotopic (exact) mass is 454 g/mol. The minimum atomic E-state index is -0.603. The highest BCUT2D eigenvalue weighted by Gasteiger charge is 2.28. The summed E-state index contributed by atoms with van der Waals surface area (Å²) in [5.74, 6) is 0.404. The van der Waals surface area contributed by atoms with E-state index in [9.17, 15) is 15.3 Å². The van der Waals surface area contributed by atoms with Gasteiger partial charge in [0.15, 0.2) is 4.98 Å². The molecule has 0 aliphatic heterocycles. The second-order valence-corrected chi connectivity index (χ2v) is 7.94. The lowest BCUT2D eigenvalue weighted by molar-refractivity contribution is 0.415. The number of fused-ring (bicyclic) bond motifs is 1. The molecule has 0 unspecified atom stereocenters. The third kappa shape index (κ3) is 2.95. The van der Waals surface area contributed by atoms with Crippen molar-refractivity contribution in [2.75, 3.05) is 7.11 Å². The van der Waals surface area contributed by atoms with Crippen molar-refractivity contribution in [1.82, 2.24) is 4.57 Å². The molecule has 0 bridgehead atoms. The van der Waals surface area contributed by atoms with Crippen molar-refractivity contribution in [3.63, 3.8) is 0 Å². The largest absolute Gasteiger partial charge is 0.500 e. The van der Waals surface area contributed by atoms with E-state index >= 15 is 0 Å². The average molecular weight is 455 g/mol. The minimum Gasteiger partial charge on any atom is -0.500 e. The number of halogens is 1. The molecule has 4 aromatic rings. The Hall–Kier alpha value is -3.15. The van der Waals surface area contributed by atoms with Crippen LogP contribution in [0.3, 0.4) is 0 Å². The molecule has 0 aliphatic carbocycles. The Kier molecular flexibility index (Phi) is 4.63. The number of hydrogen-bond acceptors (Lipinski definition) is 5. The third-order valence-electron chi connectivity index (χ3n) is 4.36. The Morgan fingerprint density at radius 2 is 1.82 bits per heavy atom. The van der Waals surface area contributed by atoms with Gasteiger partial charge in [-0.05, 0) is 60.2 Å². The fraction of sp³-hybridized carbons (Fsp3) is 0.0500. The Labute approximate surface area is 172 Å². The SMILES string of the molecule is COc1ccc(-c2cc3c(s2)c(O)c([N+]#N)c(=O)n3-c2ccc(Br)cc2)cc1. The minimum absolute atomic E-state index is 0.333. The summed E-state index contributed by atoms with van der Waals surface area (Å²) < 4.78 is 7.95. The van der Waals surface area contributed by atoms with Crippen LogP contribution in [0.25, 0.3) is 31.3 Å². The Morgan fingerprint density at radius 1 is 1.14 bits per heavy atom. The average Bonchev–Trinajstić information content (AvgIpc) is 3.15.